The fraction of sp³-hybridized carbons (Fsp3) is 0.182. The number of nitrogen functional groups attached to an aromatic ring is 1. The highest BCUT2D eigenvalue weighted by Gasteiger charge is 2.30. The lowest BCUT2D eigenvalue weighted by Crippen LogP contribution is -2.28. The quantitative estimate of drug-likeness (QED) is 0.220. The lowest BCUT2D eigenvalue weighted by Gasteiger charge is -2.19. The maximum Gasteiger partial charge on any atom is 0.262 e. The minimum absolute atomic E-state index is 0.0133. The zero-order valence-electron chi connectivity index (χ0n) is 16.4. The van der Waals surface area contributed by atoms with E-state index in [-0.39, 0.29) is 23.5 Å². The van der Waals surface area contributed by atoms with Crippen LogP contribution in [0.5, 0.6) is 11.8 Å². The van der Waals surface area contributed by atoms with Crippen LogP contribution in [0.4, 0.5) is 0 Å². The molecule has 1 aliphatic rings. The molecule has 0 bridgehead atoms. The molecule has 0 saturated carbocycles. The molecule has 0 radical (unpaired) electrons. The summed E-state index contributed by atoms with van der Waals surface area (Å²) in [6, 6.07) is 10.0. The molecule has 0 fully saturated rings. The van der Waals surface area contributed by atoms with E-state index in [1.165, 1.54) is 15.9 Å². The van der Waals surface area contributed by atoms with Crippen LogP contribution in [0, 0.1) is 5.41 Å². The van der Waals surface area contributed by atoms with Crippen LogP contribution in [-0.2, 0) is 19.4 Å². The smallest absolute Gasteiger partial charge is 0.262 e. The number of nitrogens with zero attached hydrogens (tertiary/aromatic N) is 1. The van der Waals surface area contributed by atoms with Crippen LogP contribution in [0.1, 0.15) is 38.0 Å². The maximum atomic E-state index is 12.6. The average molecular weight is 457 g/mol. The van der Waals surface area contributed by atoms with Crippen molar-refractivity contribution in [2.45, 2.75) is 25.4 Å². The predicted molar refractivity (Wildman–Crippen MR) is 121 cm³/mol. The molecule has 0 spiro atoms. The molecule has 2 heterocycles. The van der Waals surface area contributed by atoms with Crippen LogP contribution in [0.3, 0.4) is 0 Å². The van der Waals surface area contributed by atoms with Gasteiger partial charge in [-0.2, -0.15) is 0 Å². The molecule has 0 saturated heterocycles. The largest absolute Gasteiger partial charge is 0.494 e. The number of hydrogen-bond donors (Lipinski definition) is 5. The first-order valence-electron chi connectivity index (χ1n) is 9.64. The van der Waals surface area contributed by atoms with Crippen LogP contribution < -0.4 is 11.1 Å². The number of aryl methyl sites for hydroxylation is 1. The number of allylic oxidation sites excluding steroid dienone is 1. The Morgan fingerprint density at radius 2 is 2.10 bits per heavy atom. The van der Waals surface area contributed by atoms with Gasteiger partial charge in [0, 0.05) is 23.2 Å². The normalized spacial score (nSPS) is 14.9. The van der Waals surface area contributed by atoms with Gasteiger partial charge in [-0.1, -0.05) is 42.0 Å². The number of carbonyl (C=O) groups excluding carboxylic acids is 1. The lowest BCUT2D eigenvalue weighted by molar-refractivity contribution is 0.0947. The van der Waals surface area contributed by atoms with Gasteiger partial charge >= 0.3 is 0 Å². The number of carbonyl (C=O) groups is 1. The number of aromatic nitrogens is 1. The summed E-state index contributed by atoms with van der Waals surface area (Å²) in [6.45, 7) is 0.327. The molecule has 0 unspecified atom stereocenters. The summed E-state index contributed by atoms with van der Waals surface area (Å²) in [5.74, 6) is -0.403. The monoisotopic (exact) mass is 456 g/mol. The molecule has 160 valence electrons. The number of fused-ring (bicyclic) bond motifs is 1. The number of benzene rings is 1. The number of nitrogens with two attached hydrogens (primary N) is 1. The number of thiophene rings is 1. The van der Waals surface area contributed by atoms with Gasteiger partial charge in [-0.25, -0.2) is 0 Å². The van der Waals surface area contributed by atoms with Crippen molar-refractivity contribution in [1.82, 2.24) is 9.88 Å². The molecule has 3 aromatic rings. The molecule has 1 amide bonds. The van der Waals surface area contributed by atoms with Gasteiger partial charge in [0.2, 0.25) is 0 Å². The minimum atomic E-state index is -0.565. The van der Waals surface area contributed by atoms with Gasteiger partial charge in [0.1, 0.15) is 5.84 Å². The Kier molecular flexibility index (Phi) is 5.75. The summed E-state index contributed by atoms with van der Waals surface area (Å²) in [6.07, 6.45) is 4.64. The van der Waals surface area contributed by atoms with Gasteiger partial charge < -0.3 is 21.3 Å². The number of hydrogen-bond acceptors (Lipinski definition) is 5. The van der Waals surface area contributed by atoms with E-state index in [2.05, 4.69) is 5.32 Å². The van der Waals surface area contributed by atoms with E-state index < -0.39 is 6.04 Å². The first kappa shape index (κ1) is 21.0. The number of rotatable bonds is 6. The molecule has 1 atom stereocenters. The second-order valence-electron chi connectivity index (χ2n) is 7.24. The van der Waals surface area contributed by atoms with Crippen molar-refractivity contribution >= 4 is 34.7 Å². The molecule has 2 aromatic heterocycles. The summed E-state index contributed by atoms with van der Waals surface area (Å²) in [7, 11) is 0. The molecule has 1 aromatic carbocycles. The third-order valence-electron chi connectivity index (χ3n) is 5.25. The second kappa shape index (κ2) is 8.49. The summed E-state index contributed by atoms with van der Waals surface area (Å²) in [4.78, 5) is 13.0. The Labute approximate surface area is 187 Å². The fourth-order valence-corrected chi connectivity index (χ4v) is 4.67. The highest BCUT2D eigenvalue weighted by Crippen LogP contribution is 2.41. The summed E-state index contributed by atoms with van der Waals surface area (Å²) in [5.41, 5.74) is 8.19. The van der Waals surface area contributed by atoms with Crippen molar-refractivity contribution in [3.05, 3.63) is 80.0 Å². The number of aromatic hydroxyl groups is 2. The van der Waals surface area contributed by atoms with Crippen LogP contribution in [0.15, 0.2) is 48.6 Å². The first-order chi connectivity index (χ1) is 14.8. The molecule has 1 aliphatic carbocycles. The zero-order chi connectivity index (χ0) is 22.1. The minimum Gasteiger partial charge on any atom is -0.494 e. The van der Waals surface area contributed by atoms with E-state index in [0.717, 1.165) is 5.56 Å². The van der Waals surface area contributed by atoms with E-state index in [9.17, 15) is 15.0 Å². The number of amides is 1. The van der Waals surface area contributed by atoms with Crippen molar-refractivity contribution in [2.24, 2.45) is 5.73 Å². The third-order valence-corrected chi connectivity index (χ3v) is 6.48. The van der Waals surface area contributed by atoms with Gasteiger partial charge in [-0.05, 0) is 36.6 Å². The molecule has 9 heteroatoms. The average Bonchev–Trinajstić information content (AvgIpc) is 3.29. The number of nitrogens with one attached hydrogen (secondary N) is 2. The van der Waals surface area contributed by atoms with Gasteiger partial charge in [0.25, 0.3) is 5.91 Å². The van der Waals surface area contributed by atoms with E-state index in [1.54, 1.807) is 24.3 Å². The summed E-state index contributed by atoms with van der Waals surface area (Å²) < 4.78 is 1.96. The fourth-order valence-electron chi connectivity index (χ4n) is 3.73. The molecule has 4 rings (SSSR count). The van der Waals surface area contributed by atoms with E-state index in [0.29, 0.717) is 45.3 Å². The SMILES string of the molecule is N=C(N)c1cccc(CCn2c(O)c3c(c2O)[C@H](NC(=O)c2ccc(Cl)s2)C=CC3)c1. The molecule has 6 N–H and O–H groups in total. The topological polar surface area (TPSA) is 124 Å². The Bertz CT molecular complexity index is 1200. The van der Waals surface area contributed by atoms with Crippen LogP contribution in [0.25, 0.3) is 0 Å². The van der Waals surface area contributed by atoms with Gasteiger partial charge in [-0.3, -0.25) is 14.8 Å². The Morgan fingerprint density at radius 3 is 2.81 bits per heavy atom. The standard InChI is InChI=1S/C22H21ClN4O3S/c23-17-8-7-16(31-17)20(28)26-15-6-2-5-14-18(15)22(30)27(21(14)29)10-9-12-3-1-4-13(11-12)19(24)25/h1-4,6-8,11,15,29-30H,5,9-10H2,(H3,24,25)(H,26,28)/t15-/m1/s1. The molecular formula is C22H21ClN4O3S. The maximum absolute atomic E-state index is 12.6. The first-order valence-corrected chi connectivity index (χ1v) is 10.8. The van der Waals surface area contributed by atoms with Gasteiger partial charge in [0.05, 0.1) is 15.3 Å². The third kappa shape index (κ3) is 4.17. The number of amidine groups is 1. The van der Waals surface area contributed by atoms with E-state index in [1.807, 2.05) is 24.3 Å². The number of halogens is 1. The van der Waals surface area contributed by atoms with Crippen LogP contribution >= 0.6 is 22.9 Å². The lowest BCUT2D eigenvalue weighted by atomic mass is 9.96. The van der Waals surface area contributed by atoms with Gasteiger partial charge in [0.15, 0.2) is 11.8 Å². The van der Waals surface area contributed by atoms with Crippen LogP contribution in [0.2, 0.25) is 4.34 Å². The van der Waals surface area contributed by atoms with Crippen molar-refractivity contribution < 1.29 is 15.0 Å². The molecule has 7 nitrogen and oxygen atoms in total. The predicted octanol–water partition coefficient (Wildman–Crippen LogP) is 3.72. The van der Waals surface area contributed by atoms with E-state index >= 15 is 0 Å². The van der Waals surface area contributed by atoms with Crippen molar-refractivity contribution in [2.75, 3.05) is 0 Å². The van der Waals surface area contributed by atoms with Crippen molar-refractivity contribution in [3.8, 4) is 11.8 Å². The molecular weight excluding hydrogens is 436 g/mol. The molecule has 31 heavy (non-hydrogen) atoms. The Hall–Kier alpha value is -3.23. The highest BCUT2D eigenvalue weighted by molar-refractivity contribution is 7.18. The highest BCUT2D eigenvalue weighted by atomic mass is 35.5. The van der Waals surface area contributed by atoms with Gasteiger partial charge in [-0.15, -0.1) is 11.3 Å². The van der Waals surface area contributed by atoms with Crippen LogP contribution in [-0.4, -0.2) is 26.5 Å². The van der Waals surface area contributed by atoms with Crippen molar-refractivity contribution in [3.63, 3.8) is 0 Å². The second-order valence-corrected chi connectivity index (χ2v) is 8.96. The Balaban J connectivity index is 1.56. The van der Waals surface area contributed by atoms with Crippen molar-refractivity contribution in [1.29, 1.82) is 5.41 Å². The Morgan fingerprint density at radius 1 is 1.29 bits per heavy atom. The zero-order valence-corrected chi connectivity index (χ0v) is 18.0. The summed E-state index contributed by atoms with van der Waals surface area (Å²) >= 11 is 7.09. The van der Waals surface area contributed by atoms with E-state index in [4.69, 9.17) is 22.7 Å². The molecule has 0 aliphatic heterocycles. The summed E-state index contributed by atoms with van der Waals surface area (Å²) in [5, 5.41) is 32.1.